The van der Waals surface area contributed by atoms with Gasteiger partial charge in [0.1, 0.15) is 0 Å². The van der Waals surface area contributed by atoms with Crippen molar-refractivity contribution in [2.45, 2.75) is 6.92 Å². The summed E-state index contributed by atoms with van der Waals surface area (Å²) in [6, 6.07) is 0. The molecule has 0 N–H and O–H groups in total. The van der Waals surface area contributed by atoms with Crippen LogP contribution in [0.5, 0.6) is 0 Å². The highest BCUT2D eigenvalue weighted by molar-refractivity contribution is 3.98. The molecule has 7 heavy (non-hydrogen) atoms. The topological polar surface area (TPSA) is 21.7 Å². The highest BCUT2D eigenvalue weighted by atomic mass is 17.3. The molecule has 0 heterocycles. The molecular formula is C4H11NO2. The fourth-order valence-electron chi connectivity index (χ4n) is 0.158. The van der Waals surface area contributed by atoms with E-state index in [1.54, 1.807) is 14.1 Å². The summed E-state index contributed by atoms with van der Waals surface area (Å²) in [4.78, 5) is 9.05. The monoisotopic (exact) mass is 105 g/mol. The maximum Gasteiger partial charge on any atom is 0.0814 e. The van der Waals surface area contributed by atoms with Crippen LogP contribution >= 0.6 is 0 Å². The fourth-order valence-corrected chi connectivity index (χ4v) is 0.158. The van der Waals surface area contributed by atoms with Crippen LogP contribution in [0.15, 0.2) is 0 Å². The lowest BCUT2D eigenvalue weighted by atomic mass is 10.9. The second kappa shape index (κ2) is 4.05. The van der Waals surface area contributed by atoms with Crippen LogP contribution in [0, 0.1) is 0 Å². The lowest BCUT2D eigenvalue weighted by Gasteiger charge is -2.05. The second-order valence-corrected chi connectivity index (χ2v) is 1.29. The summed E-state index contributed by atoms with van der Waals surface area (Å²) < 4.78 is 0. The van der Waals surface area contributed by atoms with Gasteiger partial charge >= 0.3 is 0 Å². The second-order valence-electron chi connectivity index (χ2n) is 1.29. The third-order valence-corrected chi connectivity index (χ3v) is 0.320. The molecule has 0 amide bonds. The van der Waals surface area contributed by atoms with Gasteiger partial charge in [0.05, 0.1) is 6.61 Å². The molecule has 0 aromatic rings. The Labute approximate surface area is 43.7 Å². The van der Waals surface area contributed by atoms with Gasteiger partial charge in [-0.05, 0) is 6.92 Å². The lowest BCUT2D eigenvalue weighted by molar-refractivity contribution is -0.409. The Balaban J connectivity index is 2.68. The van der Waals surface area contributed by atoms with Crippen molar-refractivity contribution < 1.29 is 9.88 Å². The van der Waals surface area contributed by atoms with Gasteiger partial charge in [-0.15, -0.1) is 4.99 Å². The van der Waals surface area contributed by atoms with Crippen molar-refractivity contribution in [1.29, 1.82) is 0 Å². The first kappa shape index (κ1) is 6.88. The van der Waals surface area contributed by atoms with E-state index in [1.807, 2.05) is 6.92 Å². The van der Waals surface area contributed by atoms with Crippen molar-refractivity contribution >= 4 is 0 Å². The average molecular weight is 105 g/mol. The Morgan fingerprint density at radius 2 is 2.00 bits per heavy atom. The fraction of sp³-hybridized carbons (Fsp3) is 1.00. The Morgan fingerprint density at radius 3 is 2.14 bits per heavy atom. The van der Waals surface area contributed by atoms with E-state index < -0.39 is 0 Å². The van der Waals surface area contributed by atoms with Crippen molar-refractivity contribution in [3.8, 4) is 0 Å². The van der Waals surface area contributed by atoms with Gasteiger partial charge in [0.25, 0.3) is 0 Å². The Kier molecular flexibility index (Phi) is 3.98. The normalized spacial score (nSPS) is 10.3. The van der Waals surface area contributed by atoms with Crippen LogP contribution in [0.4, 0.5) is 0 Å². The third kappa shape index (κ3) is 5.88. The molecule has 0 saturated heterocycles. The molecule has 0 aliphatic rings. The van der Waals surface area contributed by atoms with E-state index >= 15 is 0 Å². The summed E-state index contributed by atoms with van der Waals surface area (Å²) in [5, 5.41) is 1.49. The van der Waals surface area contributed by atoms with Crippen molar-refractivity contribution in [1.82, 2.24) is 5.06 Å². The van der Waals surface area contributed by atoms with Crippen LogP contribution < -0.4 is 0 Å². The van der Waals surface area contributed by atoms with Gasteiger partial charge < -0.3 is 0 Å². The van der Waals surface area contributed by atoms with Gasteiger partial charge in [-0.1, -0.05) is 0 Å². The molecule has 0 aromatic carbocycles. The SMILES string of the molecule is CCOON(C)C. The third-order valence-electron chi connectivity index (χ3n) is 0.320. The zero-order chi connectivity index (χ0) is 5.70. The molecule has 3 heteroatoms. The van der Waals surface area contributed by atoms with Crippen molar-refractivity contribution in [2.75, 3.05) is 20.7 Å². The number of hydrogen-bond donors (Lipinski definition) is 0. The van der Waals surface area contributed by atoms with E-state index in [0.29, 0.717) is 6.61 Å². The number of hydroxylamine groups is 2. The Bertz CT molecular complexity index is 38.7. The molecule has 0 fully saturated rings. The molecule has 0 radical (unpaired) electrons. The summed E-state index contributed by atoms with van der Waals surface area (Å²) in [5.74, 6) is 0. The first-order chi connectivity index (χ1) is 3.27. The van der Waals surface area contributed by atoms with Gasteiger partial charge in [0.15, 0.2) is 0 Å². The highest BCUT2D eigenvalue weighted by Gasteiger charge is 1.83. The van der Waals surface area contributed by atoms with Gasteiger partial charge in [0, 0.05) is 14.1 Å². The minimum Gasteiger partial charge on any atom is -0.218 e. The molecule has 0 atom stereocenters. The highest BCUT2D eigenvalue weighted by Crippen LogP contribution is 1.77. The van der Waals surface area contributed by atoms with Crippen LogP contribution in [0.1, 0.15) is 6.92 Å². The maximum atomic E-state index is 4.52. The van der Waals surface area contributed by atoms with Crippen molar-refractivity contribution in [3.63, 3.8) is 0 Å². The van der Waals surface area contributed by atoms with Gasteiger partial charge in [-0.3, -0.25) is 0 Å². The molecule has 0 bridgehead atoms. The molecule has 0 saturated carbocycles. The summed E-state index contributed by atoms with van der Waals surface area (Å²) in [6.45, 7) is 2.45. The first-order valence-electron chi connectivity index (χ1n) is 2.24. The number of rotatable bonds is 3. The summed E-state index contributed by atoms with van der Waals surface area (Å²) in [7, 11) is 3.52. The zero-order valence-corrected chi connectivity index (χ0v) is 4.97. The summed E-state index contributed by atoms with van der Waals surface area (Å²) in [6.07, 6.45) is 0. The maximum absolute atomic E-state index is 4.52. The minimum absolute atomic E-state index is 0.582. The van der Waals surface area contributed by atoms with Crippen LogP contribution in [0.25, 0.3) is 0 Å². The molecule has 44 valence electrons. The summed E-state index contributed by atoms with van der Waals surface area (Å²) in [5.41, 5.74) is 0. The van der Waals surface area contributed by atoms with Gasteiger partial charge in [-0.2, -0.15) is 5.06 Å². The van der Waals surface area contributed by atoms with E-state index in [0.717, 1.165) is 0 Å². The molecule has 0 rings (SSSR count). The zero-order valence-electron chi connectivity index (χ0n) is 4.97. The van der Waals surface area contributed by atoms with Crippen molar-refractivity contribution in [2.24, 2.45) is 0 Å². The van der Waals surface area contributed by atoms with E-state index in [2.05, 4.69) is 9.88 Å². The van der Waals surface area contributed by atoms with Crippen LogP contribution in [-0.4, -0.2) is 25.8 Å². The molecule has 0 aliphatic carbocycles. The summed E-state index contributed by atoms with van der Waals surface area (Å²) >= 11 is 0. The van der Waals surface area contributed by atoms with Crippen LogP contribution in [0.3, 0.4) is 0 Å². The number of hydrogen-bond acceptors (Lipinski definition) is 3. The smallest absolute Gasteiger partial charge is 0.0814 e. The van der Waals surface area contributed by atoms with Crippen LogP contribution in [0.2, 0.25) is 0 Å². The predicted octanol–water partition coefficient (Wildman–Crippen LogP) is 0.431. The molecule has 0 aromatic heterocycles. The van der Waals surface area contributed by atoms with E-state index in [-0.39, 0.29) is 0 Å². The molecule has 3 nitrogen and oxygen atoms in total. The Morgan fingerprint density at radius 1 is 1.43 bits per heavy atom. The van der Waals surface area contributed by atoms with E-state index in [1.165, 1.54) is 5.06 Å². The van der Waals surface area contributed by atoms with E-state index in [9.17, 15) is 0 Å². The average Bonchev–Trinajstić information content (AvgIpc) is 1.61. The quantitative estimate of drug-likeness (QED) is 0.384. The Hall–Kier alpha value is -0.120. The first-order valence-corrected chi connectivity index (χ1v) is 2.24. The van der Waals surface area contributed by atoms with Gasteiger partial charge in [-0.25, -0.2) is 4.89 Å². The standard InChI is InChI=1S/C4H11NO2/c1-4-6-7-5(2)3/h4H2,1-3H3. The molecule has 0 unspecified atom stereocenters. The number of nitrogens with zero attached hydrogens (tertiary/aromatic N) is 1. The van der Waals surface area contributed by atoms with Crippen LogP contribution in [-0.2, 0) is 9.88 Å². The molecule has 0 aliphatic heterocycles. The van der Waals surface area contributed by atoms with E-state index in [4.69, 9.17) is 0 Å². The van der Waals surface area contributed by atoms with Gasteiger partial charge in [0.2, 0.25) is 0 Å². The van der Waals surface area contributed by atoms with Crippen molar-refractivity contribution in [3.05, 3.63) is 0 Å². The minimum atomic E-state index is 0.582. The molecular weight excluding hydrogens is 94.0 g/mol. The largest absolute Gasteiger partial charge is 0.218 e. The lowest BCUT2D eigenvalue weighted by Crippen LogP contribution is -2.12. The predicted molar refractivity (Wildman–Crippen MR) is 26.4 cm³/mol. The molecule has 0 spiro atoms.